The van der Waals surface area contributed by atoms with Crippen molar-refractivity contribution in [3.05, 3.63) is 0 Å². The summed E-state index contributed by atoms with van der Waals surface area (Å²) in [6.45, 7) is 0.784. The van der Waals surface area contributed by atoms with E-state index in [1.165, 1.54) is 0 Å². The molecule has 4 heteroatoms. The summed E-state index contributed by atoms with van der Waals surface area (Å²) in [7, 11) is 1.81. The molecule has 0 heterocycles. The average Bonchev–Trinajstić information content (AvgIpc) is 1.66. The third kappa shape index (κ3) is 11.8. The zero-order valence-corrected chi connectivity index (χ0v) is 4.98. The first-order valence-corrected chi connectivity index (χ1v) is 2.63. The predicted molar refractivity (Wildman–Crippen MR) is 37.9 cm³/mol. The molecule has 2 N–H and O–H groups in total. The van der Waals surface area contributed by atoms with Gasteiger partial charge in [-0.1, -0.05) is 0 Å². The van der Waals surface area contributed by atoms with Crippen LogP contribution in [0.4, 0.5) is 0 Å². The Bertz CT molecular complexity index is 77.4. The van der Waals surface area contributed by atoms with Gasteiger partial charge in [0, 0.05) is 6.42 Å². The fourth-order valence-electron chi connectivity index (χ4n) is 0.416. The molecule has 0 aromatic heterocycles. The number of carboxylic acid groups (broad SMARTS) is 1. The molecule has 0 rings (SSSR count). The van der Waals surface area contributed by atoms with Gasteiger partial charge < -0.3 is 10.4 Å². The van der Waals surface area contributed by atoms with Gasteiger partial charge in [0.1, 0.15) is 0 Å². The molecule has 9 heavy (non-hydrogen) atoms. The second kappa shape index (κ2) is 8.43. The van der Waals surface area contributed by atoms with Crippen LogP contribution >= 0.6 is 0 Å². The Kier molecular flexibility index (Phi) is 11.4. The van der Waals surface area contributed by atoms with E-state index in [0.717, 1.165) is 6.54 Å². The van der Waals surface area contributed by atoms with Crippen molar-refractivity contribution in [1.82, 2.24) is 5.32 Å². The van der Waals surface area contributed by atoms with Crippen LogP contribution in [-0.2, 0) is 4.79 Å². The molecular weight excluding hydrogens is 129 g/mol. The summed E-state index contributed by atoms with van der Waals surface area (Å²) < 4.78 is 0. The molecule has 0 aliphatic rings. The standard InChI is InChI=1S/C5H11NO2.Na.H/c1-6-4-2-3-5(7)8;;/h6H,2-4H2,1H3,(H,7,8);;. The summed E-state index contributed by atoms with van der Waals surface area (Å²) in [6, 6.07) is 0. The number of carbonyl (C=O) groups is 1. The normalized spacial score (nSPS) is 8.11. The van der Waals surface area contributed by atoms with Gasteiger partial charge >= 0.3 is 35.5 Å². The maximum absolute atomic E-state index is 9.85. The van der Waals surface area contributed by atoms with Crippen LogP contribution in [-0.4, -0.2) is 54.2 Å². The summed E-state index contributed by atoms with van der Waals surface area (Å²) in [5.41, 5.74) is 0. The number of rotatable bonds is 4. The quantitative estimate of drug-likeness (QED) is 0.407. The molecule has 0 aromatic carbocycles. The molecule has 0 saturated carbocycles. The monoisotopic (exact) mass is 141 g/mol. The van der Waals surface area contributed by atoms with Crippen LogP contribution < -0.4 is 5.32 Å². The van der Waals surface area contributed by atoms with Crippen LogP contribution in [0.5, 0.6) is 0 Å². The van der Waals surface area contributed by atoms with E-state index in [1.54, 1.807) is 0 Å². The Morgan fingerprint density at radius 3 is 2.56 bits per heavy atom. The van der Waals surface area contributed by atoms with Crippen LogP contribution in [0, 0.1) is 0 Å². The minimum absolute atomic E-state index is 0. The Hall–Kier alpha value is 0.430. The van der Waals surface area contributed by atoms with Crippen molar-refractivity contribution in [2.24, 2.45) is 0 Å². The summed E-state index contributed by atoms with van der Waals surface area (Å²) in [4.78, 5) is 9.85. The fraction of sp³-hybridized carbons (Fsp3) is 0.800. The first kappa shape index (κ1) is 12.1. The van der Waals surface area contributed by atoms with E-state index in [9.17, 15) is 4.79 Å². The van der Waals surface area contributed by atoms with Crippen molar-refractivity contribution in [3.8, 4) is 0 Å². The molecule has 0 amide bonds. The van der Waals surface area contributed by atoms with Crippen LogP contribution in [0.3, 0.4) is 0 Å². The summed E-state index contributed by atoms with van der Waals surface area (Å²) in [5.74, 6) is -0.722. The molecule has 3 nitrogen and oxygen atoms in total. The SMILES string of the molecule is CNCCCC(=O)O.[NaH]. The van der Waals surface area contributed by atoms with Gasteiger partial charge in [-0.2, -0.15) is 0 Å². The maximum atomic E-state index is 9.85. The predicted octanol–water partition coefficient (Wildman–Crippen LogP) is -0.578. The van der Waals surface area contributed by atoms with Gasteiger partial charge in [0.25, 0.3) is 0 Å². The Morgan fingerprint density at radius 1 is 1.67 bits per heavy atom. The van der Waals surface area contributed by atoms with Crippen molar-refractivity contribution < 1.29 is 9.90 Å². The van der Waals surface area contributed by atoms with Gasteiger partial charge in [0.15, 0.2) is 0 Å². The number of aliphatic carboxylic acids is 1. The van der Waals surface area contributed by atoms with Crippen molar-refractivity contribution in [2.45, 2.75) is 12.8 Å². The van der Waals surface area contributed by atoms with Gasteiger partial charge in [-0.3, -0.25) is 4.79 Å². The molecule has 0 unspecified atom stereocenters. The van der Waals surface area contributed by atoms with E-state index in [-0.39, 0.29) is 36.0 Å². The second-order valence-corrected chi connectivity index (χ2v) is 1.60. The third-order valence-electron chi connectivity index (χ3n) is 0.817. The fourth-order valence-corrected chi connectivity index (χ4v) is 0.416. The van der Waals surface area contributed by atoms with Crippen molar-refractivity contribution in [2.75, 3.05) is 13.6 Å². The molecule has 0 fully saturated rings. The van der Waals surface area contributed by atoms with Gasteiger partial charge in [0.05, 0.1) is 0 Å². The molecule has 0 aliphatic heterocycles. The molecule has 0 saturated heterocycles. The van der Waals surface area contributed by atoms with Gasteiger partial charge in [0.2, 0.25) is 0 Å². The Labute approximate surface area is 77.1 Å². The molecule has 50 valence electrons. The van der Waals surface area contributed by atoms with E-state index < -0.39 is 5.97 Å². The van der Waals surface area contributed by atoms with Crippen LogP contribution in [0.15, 0.2) is 0 Å². The Balaban J connectivity index is 0. The summed E-state index contributed by atoms with van der Waals surface area (Å²) in [5, 5.41) is 11.0. The average molecular weight is 141 g/mol. The van der Waals surface area contributed by atoms with Gasteiger partial charge in [-0.25, -0.2) is 0 Å². The Morgan fingerprint density at radius 2 is 2.22 bits per heavy atom. The van der Waals surface area contributed by atoms with Crippen molar-refractivity contribution in [3.63, 3.8) is 0 Å². The third-order valence-corrected chi connectivity index (χ3v) is 0.817. The van der Waals surface area contributed by atoms with E-state index in [0.29, 0.717) is 6.42 Å². The first-order valence-electron chi connectivity index (χ1n) is 2.63. The molecular formula is C5H12NNaO2. The zero-order chi connectivity index (χ0) is 6.41. The van der Waals surface area contributed by atoms with Crippen molar-refractivity contribution in [1.29, 1.82) is 0 Å². The topological polar surface area (TPSA) is 49.3 Å². The minimum atomic E-state index is -0.722. The van der Waals surface area contributed by atoms with E-state index in [4.69, 9.17) is 5.11 Å². The van der Waals surface area contributed by atoms with E-state index in [1.807, 2.05) is 7.05 Å². The van der Waals surface area contributed by atoms with Gasteiger partial charge in [-0.15, -0.1) is 0 Å². The number of carboxylic acids is 1. The van der Waals surface area contributed by atoms with Crippen LogP contribution in [0.2, 0.25) is 0 Å². The number of hydrogen-bond acceptors (Lipinski definition) is 2. The van der Waals surface area contributed by atoms with E-state index >= 15 is 0 Å². The number of hydrogen-bond donors (Lipinski definition) is 2. The second-order valence-electron chi connectivity index (χ2n) is 1.60. The zero-order valence-electron chi connectivity index (χ0n) is 4.98. The van der Waals surface area contributed by atoms with Crippen LogP contribution in [0.1, 0.15) is 12.8 Å². The molecule has 0 atom stereocenters. The summed E-state index contributed by atoms with van der Waals surface area (Å²) >= 11 is 0. The molecule has 0 radical (unpaired) electrons. The molecule has 0 aromatic rings. The molecule has 0 bridgehead atoms. The van der Waals surface area contributed by atoms with E-state index in [2.05, 4.69) is 5.32 Å². The van der Waals surface area contributed by atoms with Gasteiger partial charge in [-0.05, 0) is 20.0 Å². The number of nitrogens with one attached hydrogen (secondary N) is 1. The molecule has 0 spiro atoms. The molecule has 0 aliphatic carbocycles. The van der Waals surface area contributed by atoms with Crippen LogP contribution in [0.25, 0.3) is 0 Å². The first-order chi connectivity index (χ1) is 3.77. The summed E-state index contributed by atoms with van der Waals surface area (Å²) in [6.07, 6.45) is 0.979. The van der Waals surface area contributed by atoms with Crippen molar-refractivity contribution >= 4 is 35.5 Å².